The summed E-state index contributed by atoms with van der Waals surface area (Å²) in [6.45, 7) is 8.39. The van der Waals surface area contributed by atoms with Crippen molar-refractivity contribution in [2.45, 2.75) is 51.7 Å². The minimum atomic E-state index is -0.440. The number of ether oxygens (including phenoxy) is 1. The van der Waals surface area contributed by atoms with E-state index in [9.17, 15) is 4.79 Å². The van der Waals surface area contributed by atoms with Gasteiger partial charge in [0.15, 0.2) is 0 Å². The molecule has 5 heteroatoms. The molecule has 1 aromatic carbocycles. The van der Waals surface area contributed by atoms with Crippen molar-refractivity contribution in [2.24, 2.45) is 0 Å². The number of nitrogens with zero attached hydrogens (tertiary/aromatic N) is 1. The Labute approximate surface area is 147 Å². The average Bonchev–Trinajstić information content (AvgIpc) is 2.90. The molecule has 0 saturated carbocycles. The molecule has 1 atom stereocenters. The van der Waals surface area contributed by atoms with Crippen LogP contribution in [0.1, 0.15) is 51.6 Å². The molecule has 0 aliphatic carbocycles. The van der Waals surface area contributed by atoms with Crippen molar-refractivity contribution >= 4 is 22.0 Å². The molecule has 0 aromatic heterocycles. The first kappa shape index (κ1) is 18.3. The Bertz CT molecular complexity index is 528. The van der Waals surface area contributed by atoms with E-state index >= 15 is 0 Å². The van der Waals surface area contributed by atoms with Gasteiger partial charge in [-0.25, -0.2) is 4.79 Å². The summed E-state index contributed by atoms with van der Waals surface area (Å²) >= 11 is 3.55. The number of hydrogen-bond donors (Lipinski definition) is 1. The molecule has 0 spiro atoms. The van der Waals surface area contributed by atoms with E-state index in [0.29, 0.717) is 12.6 Å². The fourth-order valence-electron chi connectivity index (χ4n) is 2.97. The van der Waals surface area contributed by atoms with Crippen LogP contribution in [0.15, 0.2) is 28.7 Å². The van der Waals surface area contributed by atoms with Crippen LogP contribution in [0, 0.1) is 0 Å². The average molecular weight is 383 g/mol. The summed E-state index contributed by atoms with van der Waals surface area (Å²) in [7, 11) is 0. The first-order chi connectivity index (χ1) is 10.8. The molecule has 1 aromatic rings. The Kier molecular flexibility index (Phi) is 6.48. The van der Waals surface area contributed by atoms with E-state index in [0.717, 1.165) is 24.0 Å². The van der Waals surface area contributed by atoms with E-state index in [2.05, 4.69) is 50.4 Å². The summed E-state index contributed by atoms with van der Waals surface area (Å²) in [4.78, 5) is 14.1. The standard InChI is InChI=1S/C18H27BrN2O2/c1-18(2,3)23-17(22)20-10-6-12-21-11-5-9-16(21)14-7-4-8-15(19)13-14/h4,7-8,13,16H,5-6,9-12H2,1-3H3,(H,20,22). The number of alkyl carbamates (subject to hydrolysis) is 1. The van der Waals surface area contributed by atoms with Crippen molar-refractivity contribution in [3.05, 3.63) is 34.3 Å². The van der Waals surface area contributed by atoms with Crippen LogP contribution in [0.4, 0.5) is 4.79 Å². The van der Waals surface area contributed by atoms with Crippen LogP contribution in [-0.4, -0.2) is 36.2 Å². The third-order valence-electron chi connectivity index (χ3n) is 3.89. The van der Waals surface area contributed by atoms with E-state index in [4.69, 9.17) is 4.74 Å². The van der Waals surface area contributed by atoms with Gasteiger partial charge in [-0.2, -0.15) is 0 Å². The molecule has 1 aliphatic rings. The molecular formula is C18H27BrN2O2. The summed E-state index contributed by atoms with van der Waals surface area (Å²) in [5, 5.41) is 2.83. The highest BCUT2D eigenvalue weighted by atomic mass is 79.9. The normalized spacial score (nSPS) is 18.9. The summed E-state index contributed by atoms with van der Waals surface area (Å²) < 4.78 is 6.38. The van der Waals surface area contributed by atoms with E-state index in [1.807, 2.05) is 20.8 Å². The van der Waals surface area contributed by atoms with Gasteiger partial charge in [-0.05, 0) is 64.3 Å². The molecule has 1 amide bonds. The van der Waals surface area contributed by atoms with Crippen LogP contribution < -0.4 is 5.32 Å². The highest BCUT2D eigenvalue weighted by Crippen LogP contribution is 2.32. The molecule has 1 saturated heterocycles. The van der Waals surface area contributed by atoms with Crippen LogP contribution in [-0.2, 0) is 4.74 Å². The zero-order valence-electron chi connectivity index (χ0n) is 14.3. The Hall–Kier alpha value is -1.07. The third kappa shape index (κ3) is 6.15. The van der Waals surface area contributed by atoms with Gasteiger partial charge in [0.25, 0.3) is 0 Å². The van der Waals surface area contributed by atoms with E-state index in [1.165, 1.54) is 18.4 Å². The van der Waals surface area contributed by atoms with Crippen LogP contribution in [0.3, 0.4) is 0 Å². The second kappa shape index (κ2) is 8.15. The summed E-state index contributed by atoms with van der Waals surface area (Å²) in [5.41, 5.74) is 0.933. The fraction of sp³-hybridized carbons (Fsp3) is 0.611. The van der Waals surface area contributed by atoms with Gasteiger partial charge >= 0.3 is 6.09 Å². The van der Waals surface area contributed by atoms with Crippen LogP contribution in [0.25, 0.3) is 0 Å². The van der Waals surface area contributed by atoms with E-state index < -0.39 is 5.60 Å². The SMILES string of the molecule is CC(C)(C)OC(=O)NCCCN1CCCC1c1cccc(Br)c1. The fourth-order valence-corrected chi connectivity index (χ4v) is 3.39. The monoisotopic (exact) mass is 382 g/mol. The molecule has 1 aliphatic heterocycles. The molecule has 23 heavy (non-hydrogen) atoms. The van der Waals surface area contributed by atoms with E-state index in [1.54, 1.807) is 0 Å². The lowest BCUT2D eigenvalue weighted by molar-refractivity contribution is 0.0525. The lowest BCUT2D eigenvalue weighted by atomic mass is 10.0. The number of nitrogens with one attached hydrogen (secondary N) is 1. The minimum absolute atomic E-state index is 0.331. The van der Waals surface area contributed by atoms with Crippen molar-refractivity contribution < 1.29 is 9.53 Å². The lowest BCUT2D eigenvalue weighted by Crippen LogP contribution is -2.34. The third-order valence-corrected chi connectivity index (χ3v) is 4.38. The molecule has 1 N–H and O–H groups in total. The number of amides is 1. The number of carbonyl (C=O) groups excluding carboxylic acids is 1. The predicted octanol–water partition coefficient (Wildman–Crippen LogP) is 4.50. The number of hydrogen-bond acceptors (Lipinski definition) is 3. The smallest absolute Gasteiger partial charge is 0.407 e. The van der Waals surface area contributed by atoms with Gasteiger partial charge in [-0.1, -0.05) is 28.1 Å². The first-order valence-electron chi connectivity index (χ1n) is 8.31. The molecule has 0 bridgehead atoms. The number of benzene rings is 1. The van der Waals surface area contributed by atoms with Crippen molar-refractivity contribution in [2.75, 3.05) is 19.6 Å². The number of carbonyl (C=O) groups is 1. The van der Waals surface area contributed by atoms with Gasteiger partial charge in [-0.15, -0.1) is 0 Å². The molecule has 1 fully saturated rings. The number of likely N-dealkylation sites (tertiary alicyclic amines) is 1. The Balaban J connectivity index is 1.76. The molecule has 128 valence electrons. The van der Waals surface area contributed by atoms with Gasteiger partial charge in [0.2, 0.25) is 0 Å². The quantitative estimate of drug-likeness (QED) is 0.762. The topological polar surface area (TPSA) is 41.6 Å². The maximum Gasteiger partial charge on any atom is 0.407 e. The Morgan fingerprint density at radius 1 is 1.43 bits per heavy atom. The highest BCUT2D eigenvalue weighted by molar-refractivity contribution is 9.10. The summed E-state index contributed by atoms with van der Waals surface area (Å²) in [6.07, 6.45) is 3.04. The number of rotatable bonds is 5. The lowest BCUT2D eigenvalue weighted by Gasteiger charge is -2.25. The second-order valence-corrected chi connectivity index (χ2v) is 7.95. The van der Waals surface area contributed by atoms with Gasteiger partial charge in [0.05, 0.1) is 0 Å². The van der Waals surface area contributed by atoms with E-state index in [-0.39, 0.29) is 6.09 Å². The number of halogens is 1. The predicted molar refractivity (Wildman–Crippen MR) is 96.5 cm³/mol. The molecule has 0 radical (unpaired) electrons. The van der Waals surface area contributed by atoms with Crippen molar-refractivity contribution in [3.63, 3.8) is 0 Å². The maximum atomic E-state index is 11.6. The molecule has 1 heterocycles. The molecule has 2 rings (SSSR count). The minimum Gasteiger partial charge on any atom is -0.444 e. The molecule has 1 unspecified atom stereocenters. The van der Waals surface area contributed by atoms with Crippen molar-refractivity contribution in [1.82, 2.24) is 10.2 Å². The second-order valence-electron chi connectivity index (χ2n) is 7.03. The Morgan fingerprint density at radius 3 is 2.91 bits per heavy atom. The van der Waals surface area contributed by atoms with Crippen LogP contribution >= 0.6 is 15.9 Å². The summed E-state index contributed by atoms with van der Waals surface area (Å²) in [6, 6.07) is 9.07. The Morgan fingerprint density at radius 2 is 2.22 bits per heavy atom. The van der Waals surface area contributed by atoms with Gasteiger partial charge < -0.3 is 10.1 Å². The molecular weight excluding hydrogens is 356 g/mol. The van der Waals surface area contributed by atoms with Crippen molar-refractivity contribution in [1.29, 1.82) is 0 Å². The first-order valence-corrected chi connectivity index (χ1v) is 9.11. The van der Waals surface area contributed by atoms with Gasteiger partial charge in [0.1, 0.15) is 5.60 Å². The van der Waals surface area contributed by atoms with Crippen LogP contribution in [0.2, 0.25) is 0 Å². The zero-order chi connectivity index (χ0) is 16.9. The van der Waals surface area contributed by atoms with Crippen molar-refractivity contribution in [3.8, 4) is 0 Å². The largest absolute Gasteiger partial charge is 0.444 e. The molecule has 4 nitrogen and oxygen atoms in total. The highest BCUT2D eigenvalue weighted by Gasteiger charge is 2.25. The maximum absolute atomic E-state index is 11.6. The van der Waals surface area contributed by atoms with Gasteiger partial charge in [-0.3, -0.25) is 4.90 Å². The van der Waals surface area contributed by atoms with Crippen LogP contribution in [0.5, 0.6) is 0 Å². The zero-order valence-corrected chi connectivity index (χ0v) is 15.9. The van der Waals surface area contributed by atoms with Gasteiger partial charge in [0, 0.05) is 23.6 Å². The summed E-state index contributed by atoms with van der Waals surface area (Å²) in [5.74, 6) is 0.